The van der Waals surface area contributed by atoms with Crippen LogP contribution in [0.1, 0.15) is 34.8 Å². The summed E-state index contributed by atoms with van der Waals surface area (Å²) in [5.41, 5.74) is 3.13. The molecule has 5 heteroatoms. The molecule has 0 spiro atoms. The second-order valence-electron chi connectivity index (χ2n) is 5.11. The molecule has 1 saturated carbocycles. The normalized spacial score (nSPS) is 17.4. The molecule has 2 aromatic rings. The van der Waals surface area contributed by atoms with E-state index in [9.17, 15) is 9.90 Å². The van der Waals surface area contributed by atoms with Gasteiger partial charge in [-0.2, -0.15) is 5.10 Å². The first kappa shape index (κ1) is 10.6. The fraction of sp³-hybridized carbons (Fsp3) is 0.286. The van der Waals surface area contributed by atoms with Crippen molar-refractivity contribution in [1.29, 1.82) is 0 Å². The number of aromatic nitrogens is 2. The second-order valence-corrected chi connectivity index (χ2v) is 5.11. The number of aromatic hydroxyl groups is 1. The third-order valence-electron chi connectivity index (χ3n) is 3.71. The van der Waals surface area contributed by atoms with E-state index >= 15 is 0 Å². The molecule has 1 aliphatic heterocycles. The molecule has 96 valence electrons. The summed E-state index contributed by atoms with van der Waals surface area (Å²) in [6.07, 6.45) is 4.33. The van der Waals surface area contributed by atoms with E-state index in [4.69, 9.17) is 0 Å². The van der Waals surface area contributed by atoms with Crippen molar-refractivity contribution >= 4 is 5.91 Å². The Morgan fingerprint density at radius 2 is 2.11 bits per heavy atom. The van der Waals surface area contributed by atoms with E-state index in [-0.39, 0.29) is 11.7 Å². The minimum atomic E-state index is -0.131. The summed E-state index contributed by atoms with van der Waals surface area (Å²) >= 11 is 0. The Morgan fingerprint density at radius 3 is 2.89 bits per heavy atom. The summed E-state index contributed by atoms with van der Waals surface area (Å²) in [4.78, 5) is 11.7. The fourth-order valence-electron chi connectivity index (χ4n) is 2.57. The van der Waals surface area contributed by atoms with Crippen molar-refractivity contribution in [3.8, 4) is 17.0 Å². The number of hydrogen-bond acceptors (Lipinski definition) is 3. The summed E-state index contributed by atoms with van der Waals surface area (Å²) in [5.74, 6) is -0.0273. The maximum atomic E-state index is 11.7. The standard InChI is InChI=1S/C14H13N3O2/c18-9-5-10(12-7-15-14(19)11(12)6-9)13-3-4-17(16-13)8-1-2-8/h3-6,8,18H,1-2,7H2,(H,15,19). The molecule has 2 N–H and O–H groups in total. The number of benzene rings is 1. The smallest absolute Gasteiger partial charge is 0.252 e. The summed E-state index contributed by atoms with van der Waals surface area (Å²) in [5, 5.41) is 17.1. The average molecular weight is 255 g/mol. The summed E-state index contributed by atoms with van der Waals surface area (Å²) in [6, 6.07) is 5.66. The van der Waals surface area contributed by atoms with Gasteiger partial charge in [-0.3, -0.25) is 9.48 Å². The number of nitrogens with zero attached hydrogens (tertiary/aromatic N) is 2. The molecular weight excluding hydrogens is 242 g/mol. The van der Waals surface area contributed by atoms with Crippen molar-refractivity contribution in [3.63, 3.8) is 0 Å². The lowest BCUT2D eigenvalue weighted by Gasteiger charge is -2.05. The lowest BCUT2D eigenvalue weighted by atomic mass is 10.0. The molecule has 0 atom stereocenters. The largest absolute Gasteiger partial charge is 0.508 e. The number of amides is 1. The van der Waals surface area contributed by atoms with Crippen molar-refractivity contribution in [2.24, 2.45) is 0 Å². The number of phenolic OH excluding ortho intramolecular Hbond substituents is 1. The van der Waals surface area contributed by atoms with Crippen LogP contribution < -0.4 is 5.32 Å². The number of phenols is 1. The highest BCUT2D eigenvalue weighted by molar-refractivity contribution is 6.00. The Hall–Kier alpha value is -2.30. The highest BCUT2D eigenvalue weighted by Gasteiger charge is 2.27. The molecule has 1 aromatic heterocycles. The number of rotatable bonds is 2. The van der Waals surface area contributed by atoms with Gasteiger partial charge in [0.2, 0.25) is 0 Å². The maximum absolute atomic E-state index is 11.7. The first-order valence-corrected chi connectivity index (χ1v) is 6.42. The third-order valence-corrected chi connectivity index (χ3v) is 3.71. The van der Waals surface area contributed by atoms with Crippen LogP contribution in [0.5, 0.6) is 5.75 Å². The van der Waals surface area contributed by atoms with Gasteiger partial charge in [0.25, 0.3) is 5.91 Å². The minimum absolute atomic E-state index is 0.103. The van der Waals surface area contributed by atoms with Crippen LogP contribution in [0, 0.1) is 0 Å². The van der Waals surface area contributed by atoms with Crippen molar-refractivity contribution in [3.05, 3.63) is 35.5 Å². The molecule has 1 amide bonds. The van der Waals surface area contributed by atoms with Crippen LogP contribution >= 0.6 is 0 Å². The second kappa shape index (κ2) is 3.60. The monoisotopic (exact) mass is 255 g/mol. The van der Waals surface area contributed by atoms with Crippen LogP contribution in [0.25, 0.3) is 11.3 Å². The first-order valence-electron chi connectivity index (χ1n) is 6.42. The molecule has 0 bridgehead atoms. The predicted octanol–water partition coefficient (Wildman–Crippen LogP) is 1.83. The molecule has 0 saturated heterocycles. The summed E-state index contributed by atoms with van der Waals surface area (Å²) in [7, 11) is 0. The molecule has 5 nitrogen and oxygen atoms in total. The highest BCUT2D eigenvalue weighted by Crippen LogP contribution is 2.36. The molecule has 2 heterocycles. The van der Waals surface area contributed by atoms with Gasteiger partial charge in [0.1, 0.15) is 5.75 Å². The Kier molecular flexibility index (Phi) is 2.01. The summed E-state index contributed by atoms with van der Waals surface area (Å²) in [6.45, 7) is 0.500. The molecule has 1 aromatic carbocycles. The van der Waals surface area contributed by atoms with Gasteiger partial charge in [-0.25, -0.2) is 0 Å². The molecule has 0 unspecified atom stereocenters. The Bertz CT molecular complexity index is 686. The molecule has 4 rings (SSSR count). The average Bonchev–Trinajstić information content (AvgIpc) is 3.02. The molecule has 0 radical (unpaired) electrons. The van der Waals surface area contributed by atoms with Gasteiger partial charge >= 0.3 is 0 Å². The van der Waals surface area contributed by atoms with Gasteiger partial charge in [-0.1, -0.05) is 0 Å². The molecule has 19 heavy (non-hydrogen) atoms. The van der Waals surface area contributed by atoms with Crippen LogP contribution in [0.2, 0.25) is 0 Å². The number of fused-ring (bicyclic) bond motifs is 1. The SMILES string of the molecule is O=C1NCc2c1cc(O)cc2-c1ccn(C2CC2)n1. The molecule has 2 aliphatic rings. The highest BCUT2D eigenvalue weighted by atomic mass is 16.3. The number of nitrogens with one attached hydrogen (secondary N) is 1. The van der Waals surface area contributed by atoms with Crippen molar-refractivity contribution < 1.29 is 9.90 Å². The topological polar surface area (TPSA) is 67.2 Å². The van der Waals surface area contributed by atoms with Crippen LogP contribution in [0.3, 0.4) is 0 Å². The van der Waals surface area contributed by atoms with Crippen LogP contribution in [0.15, 0.2) is 24.4 Å². The van der Waals surface area contributed by atoms with Gasteiger partial charge < -0.3 is 10.4 Å². The zero-order valence-corrected chi connectivity index (χ0v) is 10.3. The van der Waals surface area contributed by atoms with Gasteiger partial charge in [0, 0.05) is 23.9 Å². The zero-order valence-electron chi connectivity index (χ0n) is 10.3. The quantitative estimate of drug-likeness (QED) is 0.860. The van der Waals surface area contributed by atoms with E-state index in [1.807, 2.05) is 16.9 Å². The molecule has 1 fully saturated rings. The lowest BCUT2D eigenvalue weighted by molar-refractivity contribution is 0.0965. The Balaban J connectivity index is 1.85. The molecular formula is C14H13N3O2. The lowest BCUT2D eigenvalue weighted by Crippen LogP contribution is -2.12. The zero-order chi connectivity index (χ0) is 13.0. The van der Waals surface area contributed by atoms with Crippen molar-refractivity contribution in [1.82, 2.24) is 15.1 Å². The number of hydrogen-bond donors (Lipinski definition) is 2. The Morgan fingerprint density at radius 1 is 1.32 bits per heavy atom. The van der Waals surface area contributed by atoms with E-state index in [2.05, 4.69) is 10.4 Å². The van der Waals surface area contributed by atoms with E-state index in [0.29, 0.717) is 18.2 Å². The first-order chi connectivity index (χ1) is 9.22. The van der Waals surface area contributed by atoms with Crippen LogP contribution in [-0.2, 0) is 6.54 Å². The van der Waals surface area contributed by atoms with Crippen molar-refractivity contribution in [2.75, 3.05) is 0 Å². The van der Waals surface area contributed by atoms with Gasteiger partial charge in [-0.15, -0.1) is 0 Å². The number of carbonyl (C=O) groups is 1. The maximum Gasteiger partial charge on any atom is 0.252 e. The predicted molar refractivity (Wildman–Crippen MR) is 68.8 cm³/mol. The van der Waals surface area contributed by atoms with E-state index in [1.54, 1.807) is 6.07 Å². The minimum Gasteiger partial charge on any atom is -0.508 e. The third kappa shape index (κ3) is 1.62. The van der Waals surface area contributed by atoms with Gasteiger partial charge in [-0.05, 0) is 36.6 Å². The number of carbonyl (C=O) groups excluding carboxylic acids is 1. The fourth-order valence-corrected chi connectivity index (χ4v) is 2.57. The van der Waals surface area contributed by atoms with E-state index in [1.165, 1.54) is 18.9 Å². The van der Waals surface area contributed by atoms with Gasteiger partial charge in [0.15, 0.2) is 0 Å². The molecule has 1 aliphatic carbocycles. The van der Waals surface area contributed by atoms with Crippen LogP contribution in [0.4, 0.5) is 0 Å². The van der Waals surface area contributed by atoms with Gasteiger partial charge in [0.05, 0.1) is 11.7 Å². The van der Waals surface area contributed by atoms with Crippen molar-refractivity contribution in [2.45, 2.75) is 25.4 Å². The van der Waals surface area contributed by atoms with E-state index in [0.717, 1.165) is 16.8 Å². The summed E-state index contributed by atoms with van der Waals surface area (Å²) < 4.78 is 1.97. The Labute approximate surface area is 109 Å². The van der Waals surface area contributed by atoms with Crippen LogP contribution in [-0.4, -0.2) is 20.8 Å². The van der Waals surface area contributed by atoms with E-state index < -0.39 is 0 Å².